The Labute approximate surface area is 104 Å². The van der Waals surface area contributed by atoms with Crippen LogP contribution in [0.2, 0.25) is 0 Å². The van der Waals surface area contributed by atoms with Gasteiger partial charge in [0.25, 0.3) is 0 Å². The van der Waals surface area contributed by atoms with Crippen molar-refractivity contribution < 1.29 is 33.7 Å². The Hall–Kier alpha value is -1.89. The molecule has 0 aliphatic carbocycles. The van der Waals surface area contributed by atoms with Crippen LogP contribution in [0.1, 0.15) is 12.8 Å². The van der Waals surface area contributed by atoms with Crippen molar-refractivity contribution in [3.8, 4) is 0 Å². The molecular formula is C11H16O7. The smallest absolute Gasteiger partial charge is 0.330 e. The van der Waals surface area contributed by atoms with Gasteiger partial charge in [-0.25, -0.2) is 4.79 Å². The van der Waals surface area contributed by atoms with E-state index >= 15 is 0 Å². The van der Waals surface area contributed by atoms with Crippen LogP contribution in [-0.2, 0) is 28.6 Å². The fourth-order valence-electron chi connectivity index (χ4n) is 0.865. The zero-order valence-corrected chi connectivity index (χ0v) is 9.92. The van der Waals surface area contributed by atoms with Crippen LogP contribution in [0.3, 0.4) is 0 Å². The van der Waals surface area contributed by atoms with Crippen molar-refractivity contribution in [2.24, 2.45) is 0 Å². The van der Waals surface area contributed by atoms with Gasteiger partial charge in [0.15, 0.2) is 0 Å². The first kappa shape index (κ1) is 16.1. The van der Waals surface area contributed by atoms with Gasteiger partial charge in [-0.15, -0.1) is 0 Å². The van der Waals surface area contributed by atoms with E-state index in [1.54, 1.807) is 0 Å². The zero-order chi connectivity index (χ0) is 13.8. The van der Waals surface area contributed by atoms with Gasteiger partial charge in [0.1, 0.15) is 19.8 Å². The van der Waals surface area contributed by atoms with E-state index in [1.807, 2.05) is 0 Å². The molecule has 0 atom stereocenters. The van der Waals surface area contributed by atoms with Crippen LogP contribution in [0, 0.1) is 0 Å². The number of aliphatic hydroxyl groups is 1. The molecule has 0 rings (SSSR count). The molecule has 7 nitrogen and oxygen atoms in total. The summed E-state index contributed by atoms with van der Waals surface area (Å²) in [7, 11) is 0. The monoisotopic (exact) mass is 260 g/mol. The fraction of sp³-hybridized carbons (Fsp3) is 0.545. The molecule has 0 amide bonds. The van der Waals surface area contributed by atoms with Crippen LogP contribution in [0.4, 0.5) is 0 Å². The van der Waals surface area contributed by atoms with E-state index in [0.29, 0.717) is 0 Å². The van der Waals surface area contributed by atoms with Gasteiger partial charge in [-0.1, -0.05) is 6.58 Å². The molecule has 0 fully saturated rings. The molecule has 1 N–H and O–H groups in total. The van der Waals surface area contributed by atoms with Crippen molar-refractivity contribution in [1.29, 1.82) is 0 Å². The van der Waals surface area contributed by atoms with Gasteiger partial charge in [-0.05, 0) is 0 Å². The molecule has 0 spiro atoms. The SMILES string of the molecule is C=CC(=O)OCCOC(=O)CCC(=O)OCCO. The lowest BCUT2D eigenvalue weighted by Crippen LogP contribution is -2.15. The third kappa shape index (κ3) is 9.34. The Bertz CT molecular complexity index is 298. The predicted octanol–water partition coefficient (Wildman–Crippen LogP) is -0.426. The van der Waals surface area contributed by atoms with Gasteiger partial charge >= 0.3 is 17.9 Å². The first-order chi connectivity index (χ1) is 8.60. The van der Waals surface area contributed by atoms with Crippen LogP contribution in [-0.4, -0.2) is 49.4 Å². The summed E-state index contributed by atoms with van der Waals surface area (Å²) in [6.45, 7) is 2.70. The third-order valence-electron chi connectivity index (χ3n) is 1.64. The number of carbonyl (C=O) groups is 3. The van der Waals surface area contributed by atoms with E-state index in [1.165, 1.54) is 0 Å². The van der Waals surface area contributed by atoms with Crippen molar-refractivity contribution in [3.63, 3.8) is 0 Å². The molecule has 0 aromatic carbocycles. The van der Waals surface area contributed by atoms with Gasteiger partial charge in [0, 0.05) is 6.08 Å². The Kier molecular flexibility index (Phi) is 9.20. The summed E-state index contributed by atoms with van der Waals surface area (Å²) in [4.78, 5) is 32.6. The molecule has 0 aromatic heterocycles. The summed E-state index contributed by atoms with van der Waals surface area (Å²) in [5.74, 6) is -1.77. The van der Waals surface area contributed by atoms with E-state index in [4.69, 9.17) is 5.11 Å². The van der Waals surface area contributed by atoms with E-state index < -0.39 is 17.9 Å². The second-order valence-electron chi connectivity index (χ2n) is 3.04. The molecule has 0 heterocycles. The molecule has 0 aromatic rings. The number of ether oxygens (including phenoxy) is 3. The summed E-state index contributed by atoms with van der Waals surface area (Å²) >= 11 is 0. The van der Waals surface area contributed by atoms with Gasteiger partial charge in [-0.2, -0.15) is 0 Å². The Morgan fingerprint density at radius 1 is 0.944 bits per heavy atom. The minimum Gasteiger partial charge on any atom is -0.463 e. The summed E-state index contributed by atoms with van der Waals surface area (Å²) in [6, 6.07) is 0. The lowest BCUT2D eigenvalue weighted by molar-refractivity contribution is -0.153. The van der Waals surface area contributed by atoms with Crippen molar-refractivity contribution in [2.75, 3.05) is 26.4 Å². The topological polar surface area (TPSA) is 99.1 Å². The molecule has 0 aliphatic rings. The molecule has 0 radical (unpaired) electrons. The highest BCUT2D eigenvalue weighted by Crippen LogP contribution is 1.96. The summed E-state index contributed by atoms with van der Waals surface area (Å²) in [5.41, 5.74) is 0. The zero-order valence-electron chi connectivity index (χ0n) is 9.92. The number of hydrogen-bond donors (Lipinski definition) is 1. The molecular weight excluding hydrogens is 244 g/mol. The van der Waals surface area contributed by atoms with Crippen LogP contribution in [0.15, 0.2) is 12.7 Å². The Balaban J connectivity index is 3.51. The van der Waals surface area contributed by atoms with Crippen molar-refractivity contribution in [1.82, 2.24) is 0 Å². The predicted molar refractivity (Wildman–Crippen MR) is 59.4 cm³/mol. The highest BCUT2D eigenvalue weighted by Gasteiger charge is 2.09. The second-order valence-corrected chi connectivity index (χ2v) is 3.04. The standard InChI is InChI=1S/C11H16O7/c1-2-9(13)17-7-8-18-11(15)4-3-10(14)16-6-5-12/h2,12H,1,3-8H2. The van der Waals surface area contributed by atoms with E-state index in [9.17, 15) is 14.4 Å². The molecule has 18 heavy (non-hydrogen) atoms. The molecule has 0 saturated heterocycles. The first-order valence-corrected chi connectivity index (χ1v) is 5.31. The lowest BCUT2D eigenvalue weighted by Gasteiger charge is -2.05. The first-order valence-electron chi connectivity index (χ1n) is 5.31. The molecule has 102 valence electrons. The van der Waals surface area contributed by atoms with Crippen molar-refractivity contribution >= 4 is 17.9 Å². The minimum atomic E-state index is -0.598. The molecule has 0 bridgehead atoms. The Morgan fingerprint density at radius 2 is 1.44 bits per heavy atom. The van der Waals surface area contributed by atoms with Crippen molar-refractivity contribution in [2.45, 2.75) is 12.8 Å². The lowest BCUT2D eigenvalue weighted by atomic mass is 10.3. The second kappa shape index (κ2) is 10.3. The number of aliphatic hydroxyl groups excluding tert-OH is 1. The fourth-order valence-corrected chi connectivity index (χ4v) is 0.865. The summed E-state index contributed by atoms with van der Waals surface area (Å²) in [5, 5.41) is 8.38. The molecule has 0 aliphatic heterocycles. The van der Waals surface area contributed by atoms with Gasteiger partial charge < -0.3 is 19.3 Å². The van der Waals surface area contributed by atoms with Crippen LogP contribution in [0.25, 0.3) is 0 Å². The van der Waals surface area contributed by atoms with E-state index in [0.717, 1.165) is 6.08 Å². The maximum Gasteiger partial charge on any atom is 0.330 e. The molecule has 0 unspecified atom stereocenters. The quantitative estimate of drug-likeness (QED) is 0.260. The average molecular weight is 260 g/mol. The minimum absolute atomic E-state index is 0.0639. The summed E-state index contributed by atoms with van der Waals surface area (Å²) in [6.07, 6.45) is 0.754. The van der Waals surface area contributed by atoms with Crippen LogP contribution < -0.4 is 0 Å². The van der Waals surface area contributed by atoms with Gasteiger partial charge in [-0.3, -0.25) is 9.59 Å². The number of rotatable bonds is 9. The third-order valence-corrected chi connectivity index (χ3v) is 1.64. The highest BCUT2D eigenvalue weighted by atomic mass is 16.6. The highest BCUT2D eigenvalue weighted by molar-refractivity contribution is 5.81. The van der Waals surface area contributed by atoms with E-state index in [-0.39, 0.29) is 39.3 Å². The number of carbonyl (C=O) groups excluding carboxylic acids is 3. The average Bonchev–Trinajstić information content (AvgIpc) is 2.38. The molecule has 0 saturated carbocycles. The van der Waals surface area contributed by atoms with Crippen molar-refractivity contribution in [3.05, 3.63) is 12.7 Å². The number of hydrogen-bond acceptors (Lipinski definition) is 7. The normalized spacial score (nSPS) is 9.39. The van der Waals surface area contributed by atoms with Crippen LogP contribution >= 0.6 is 0 Å². The molecule has 7 heteroatoms. The van der Waals surface area contributed by atoms with Gasteiger partial charge in [0.2, 0.25) is 0 Å². The van der Waals surface area contributed by atoms with Gasteiger partial charge in [0.05, 0.1) is 19.4 Å². The Morgan fingerprint density at radius 3 is 1.94 bits per heavy atom. The maximum atomic E-state index is 11.1. The van der Waals surface area contributed by atoms with Crippen LogP contribution in [0.5, 0.6) is 0 Å². The largest absolute Gasteiger partial charge is 0.463 e. The van der Waals surface area contributed by atoms with E-state index in [2.05, 4.69) is 20.8 Å². The number of esters is 3. The summed E-state index contributed by atoms with van der Waals surface area (Å²) < 4.78 is 13.8. The maximum absolute atomic E-state index is 11.1.